The highest BCUT2D eigenvalue weighted by Gasteiger charge is 2.30. The number of aliphatic hydroxyl groups is 1. The fraction of sp³-hybridized carbons (Fsp3) is 0.953. The summed E-state index contributed by atoms with van der Waals surface area (Å²) in [4.78, 5) is 73.2. The van der Waals surface area contributed by atoms with Crippen molar-refractivity contribution in [3.05, 3.63) is 0 Å². The molecule has 0 bridgehead atoms. The van der Waals surface area contributed by atoms with Crippen LogP contribution in [0.5, 0.6) is 0 Å². The maximum absolute atomic E-state index is 13.2. The van der Waals surface area contributed by atoms with Gasteiger partial charge in [0.05, 0.1) is 26.4 Å². The van der Waals surface area contributed by atoms with Gasteiger partial charge in [0.1, 0.15) is 19.3 Å². The molecule has 0 rings (SSSR count). The van der Waals surface area contributed by atoms with Gasteiger partial charge in [-0.3, -0.25) is 37.3 Å². The molecule has 0 aliphatic carbocycles. The van der Waals surface area contributed by atoms with Crippen molar-refractivity contribution in [2.24, 2.45) is 11.8 Å². The second-order valence-electron chi connectivity index (χ2n) is 31.9. The van der Waals surface area contributed by atoms with Gasteiger partial charge in [-0.25, -0.2) is 9.13 Å². The lowest BCUT2D eigenvalue weighted by atomic mass is 10.0. The molecule has 17 nitrogen and oxygen atoms in total. The summed E-state index contributed by atoms with van der Waals surface area (Å²) in [7, 11) is -9.93. The van der Waals surface area contributed by atoms with Crippen LogP contribution in [-0.2, 0) is 65.4 Å². The summed E-state index contributed by atoms with van der Waals surface area (Å²) in [6.45, 7) is 9.70. The molecule has 0 radical (unpaired) electrons. The van der Waals surface area contributed by atoms with E-state index in [1.54, 1.807) is 0 Å². The second kappa shape index (κ2) is 77.4. The van der Waals surface area contributed by atoms with Crippen molar-refractivity contribution in [2.45, 2.75) is 477 Å². The van der Waals surface area contributed by atoms with Crippen LogP contribution in [0.2, 0.25) is 0 Å². The quantitative estimate of drug-likeness (QED) is 0.0222. The summed E-state index contributed by atoms with van der Waals surface area (Å²) >= 11 is 0. The fourth-order valence-electron chi connectivity index (χ4n) is 13.4. The topological polar surface area (TPSA) is 237 Å². The second-order valence-corrected chi connectivity index (χ2v) is 34.8. The van der Waals surface area contributed by atoms with E-state index < -0.39 is 97.5 Å². The van der Waals surface area contributed by atoms with E-state index in [2.05, 4.69) is 41.5 Å². The van der Waals surface area contributed by atoms with Gasteiger partial charge >= 0.3 is 39.5 Å². The lowest BCUT2D eigenvalue weighted by molar-refractivity contribution is -0.161. The molecule has 2 unspecified atom stereocenters. The van der Waals surface area contributed by atoms with Gasteiger partial charge in [-0.05, 0) is 37.5 Å². The lowest BCUT2D eigenvalue weighted by Gasteiger charge is -2.21. The van der Waals surface area contributed by atoms with Crippen LogP contribution >= 0.6 is 15.6 Å². The Hall–Kier alpha value is -1.94. The number of carbonyl (C=O) groups excluding carboxylic acids is 4. The van der Waals surface area contributed by atoms with E-state index in [1.807, 2.05) is 0 Å². The number of carbonyl (C=O) groups is 4. The zero-order valence-electron chi connectivity index (χ0n) is 69.0. The molecule has 0 aromatic carbocycles. The number of hydrogen-bond acceptors (Lipinski definition) is 15. The maximum atomic E-state index is 13.2. The van der Waals surface area contributed by atoms with Gasteiger partial charge in [0, 0.05) is 25.7 Å². The Morgan fingerprint density at radius 2 is 0.438 bits per heavy atom. The minimum absolute atomic E-state index is 0.107. The zero-order valence-corrected chi connectivity index (χ0v) is 70.8. The van der Waals surface area contributed by atoms with Gasteiger partial charge in [-0.2, -0.15) is 0 Å². The van der Waals surface area contributed by atoms with E-state index in [-0.39, 0.29) is 25.7 Å². The highest BCUT2D eigenvalue weighted by atomic mass is 31.2. The van der Waals surface area contributed by atoms with E-state index in [9.17, 15) is 43.2 Å². The number of phosphoric acid groups is 2. The number of rotatable bonds is 85. The normalized spacial score (nSPS) is 13.8. The van der Waals surface area contributed by atoms with Crippen molar-refractivity contribution in [3.8, 4) is 0 Å². The van der Waals surface area contributed by atoms with Gasteiger partial charge in [0.2, 0.25) is 0 Å². The molecule has 0 fully saturated rings. The molecule has 0 aliphatic rings. The van der Waals surface area contributed by atoms with E-state index in [4.69, 9.17) is 37.0 Å². The van der Waals surface area contributed by atoms with Crippen LogP contribution in [0, 0.1) is 11.8 Å². The summed E-state index contributed by atoms with van der Waals surface area (Å²) in [6, 6.07) is 0. The predicted octanol–water partition coefficient (Wildman–Crippen LogP) is 26.2. The Kier molecular flexibility index (Phi) is 76.0. The Balaban J connectivity index is 5.24. The average molecular weight is 1540 g/mol. The molecule has 624 valence electrons. The highest BCUT2D eigenvalue weighted by Crippen LogP contribution is 2.45. The predicted molar refractivity (Wildman–Crippen MR) is 432 cm³/mol. The smallest absolute Gasteiger partial charge is 0.462 e. The molecule has 0 amide bonds. The summed E-state index contributed by atoms with van der Waals surface area (Å²) in [5.74, 6) is -0.523. The first kappa shape index (κ1) is 103. The van der Waals surface area contributed by atoms with Crippen LogP contribution in [0.4, 0.5) is 0 Å². The van der Waals surface area contributed by atoms with Crippen molar-refractivity contribution in [3.63, 3.8) is 0 Å². The molecule has 19 heteroatoms. The third-order valence-electron chi connectivity index (χ3n) is 20.2. The fourth-order valence-corrected chi connectivity index (χ4v) is 15.0. The standard InChI is InChI=1S/C86H168O17P2/c1-7-9-11-13-15-17-19-21-22-23-24-25-26-31-34-40-46-52-58-64-70-85(90)102-81(75-97-84(89)69-63-57-51-45-39-33-30-28-27-29-32-36-42-48-54-60-66-78(3)4)76-100-104(92,93)98-72-80(87)73-99-105(94,95)101-77-82(74-96-83(88)68-62-56-50-44-38-20-18-16-14-12-10-8-2)103-86(91)71-65-59-53-47-41-35-37-43-49-55-61-67-79(5)6/h78-82,87H,7-77H2,1-6H3,(H,92,93)(H,94,95)/t80-,81-,82-/m1/s1. The highest BCUT2D eigenvalue weighted by molar-refractivity contribution is 7.47. The van der Waals surface area contributed by atoms with Crippen molar-refractivity contribution in [1.29, 1.82) is 0 Å². The van der Waals surface area contributed by atoms with Crippen LogP contribution in [0.15, 0.2) is 0 Å². The first-order chi connectivity index (χ1) is 50.9. The van der Waals surface area contributed by atoms with Crippen LogP contribution in [0.1, 0.15) is 459 Å². The van der Waals surface area contributed by atoms with Gasteiger partial charge in [-0.15, -0.1) is 0 Å². The van der Waals surface area contributed by atoms with Crippen LogP contribution in [-0.4, -0.2) is 96.7 Å². The molecule has 105 heavy (non-hydrogen) atoms. The first-order valence-corrected chi connectivity index (χ1v) is 47.5. The molecule has 3 N–H and O–H groups in total. The summed E-state index contributed by atoms with van der Waals surface area (Å²) in [5.41, 5.74) is 0. The first-order valence-electron chi connectivity index (χ1n) is 44.5. The van der Waals surface area contributed by atoms with E-state index in [0.717, 1.165) is 102 Å². The molecule has 0 saturated heterocycles. The molecule has 5 atom stereocenters. The van der Waals surface area contributed by atoms with Gasteiger partial charge in [-0.1, -0.05) is 408 Å². The summed E-state index contributed by atoms with van der Waals surface area (Å²) < 4.78 is 68.9. The maximum Gasteiger partial charge on any atom is 0.472 e. The van der Waals surface area contributed by atoms with Gasteiger partial charge in [0.15, 0.2) is 12.2 Å². The Bertz CT molecular complexity index is 2010. The van der Waals surface area contributed by atoms with Crippen molar-refractivity contribution in [1.82, 2.24) is 0 Å². The Morgan fingerprint density at radius 3 is 0.648 bits per heavy atom. The third-order valence-corrected chi connectivity index (χ3v) is 22.1. The van der Waals surface area contributed by atoms with Crippen molar-refractivity contribution in [2.75, 3.05) is 39.6 Å². The van der Waals surface area contributed by atoms with Crippen LogP contribution < -0.4 is 0 Å². The number of hydrogen-bond donors (Lipinski definition) is 3. The number of esters is 4. The van der Waals surface area contributed by atoms with E-state index >= 15 is 0 Å². The number of phosphoric ester groups is 2. The Labute approximate surface area is 645 Å². The minimum atomic E-state index is -4.97. The third kappa shape index (κ3) is 79.9. The molecule has 0 heterocycles. The van der Waals surface area contributed by atoms with Crippen LogP contribution in [0.3, 0.4) is 0 Å². The largest absolute Gasteiger partial charge is 0.472 e. The molecular formula is C86H168O17P2. The molecule has 0 aromatic rings. The van der Waals surface area contributed by atoms with Crippen LogP contribution in [0.25, 0.3) is 0 Å². The minimum Gasteiger partial charge on any atom is -0.462 e. The van der Waals surface area contributed by atoms with Crippen molar-refractivity contribution < 1.29 is 80.2 Å². The van der Waals surface area contributed by atoms with Gasteiger partial charge in [0.25, 0.3) is 0 Å². The average Bonchev–Trinajstić information content (AvgIpc) is 0.907. The molecular weight excluding hydrogens is 1370 g/mol. The number of ether oxygens (including phenoxy) is 4. The number of unbranched alkanes of at least 4 members (excludes halogenated alkanes) is 55. The monoisotopic (exact) mass is 1540 g/mol. The molecule has 0 spiro atoms. The van der Waals surface area contributed by atoms with E-state index in [0.29, 0.717) is 25.7 Å². The van der Waals surface area contributed by atoms with Gasteiger partial charge < -0.3 is 33.8 Å². The van der Waals surface area contributed by atoms with Crippen molar-refractivity contribution >= 4 is 39.5 Å². The van der Waals surface area contributed by atoms with E-state index in [1.165, 1.54) is 276 Å². The lowest BCUT2D eigenvalue weighted by Crippen LogP contribution is -2.30. The molecule has 0 saturated carbocycles. The molecule has 0 aromatic heterocycles. The SMILES string of the molecule is CCCCCCCCCCCCCCCCCCCCCCC(=O)O[C@H](COC(=O)CCCCCCCCCCCCCCCCCCC(C)C)COP(=O)(O)OC[C@@H](O)COP(=O)(O)OC[C@@H](COC(=O)CCCCCCCCCCCCCC)OC(=O)CCCCCCCCCCCCCC(C)C. The Morgan fingerprint density at radius 1 is 0.257 bits per heavy atom. The summed E-state index contributed by atoms with van der Waals surface area (Å²) in [5, 5.41) is 10.7. The molecule has 0 aliphatic heterocycles. The summed E-state index contributed by atoms with van der Waals surface area (Å²) in [6.07, 6.45) is 69.4. The number of aliphatic hydroxyl groups excluding tert-OH is 1. The zero-order chi connectivity index (χ0) is 77.1.